The molecular weight excluding hydrogens is 660 g/mol. The van der Waals surface area contributed by atoms with Crippen LogP contribution in [-0.4, -0.2) is 112 Å². The van der Waals surface area contributed by atoms with Gasteiger partial charge in [0.25, 0.3) is 0 Å². The summed E-state index contributed by atoms with van der Waals surface area (Å²) in [6.07, 6.45) is -9.40. The van der Waals surface area contributed by atoms with E-state index in [-0.39, 0.29) is 64.6 Å². The first-order valence-corrected chi connectivity index (χ1v) is 14.9. The zero-order chi connectivity index (χ0) is 31.6. The van der Waals surface area contributed by atoms with E-state index in [0.717, 1.165) is 35.9 Å². The number of aliphatic hydroxyl groups is 5. The number of phosphoric ester groups is 1. The molecule has 3 heterocycles. The number of aromatic nitrogens is 2. The molecule has 236 valence electrons. The number of aliphatic imine (C=N–C) groups is 1. The van der Waals surface area contributed by atoms with Crippen molar-refractivity contribution in [2.45, 2.75) is 55.8 Å². The fraction of sp³-hybridized carbons (Fsp3) is 0.550. The molecule has 0 saturated carbocycles. The second-order valence-corrected chi connectivity index (χ2v) is 11.8. The Morgan fingerprint density at radius 2 is 1.93 bits per heavy atom. The second-order valence-electron chi connectivity index (χ2n) is 8.94. The molecule has 1 unspecified atom stereocenters. The van der Waals surface area contributed by atoms with Crippen LogP contribution in [0.25, 0.3) is 0 Å². The molecular formula is C20H28N4Na2O16P2. The zero-order valence-electron chi connectivity index (χ0n) is 23.4. The maximum Gasteiger partial charge on any atom is 1.00 e. The summed E-state index contributed by atoms with van der Waals surface area (Å²) in [5.74, 6) is -1.68. The van der Waals surface area contributed by atoms with Gasteiger partial charge in [-0.15, -0.1) is 0 Å². The minimum Gasteiger partial charge on any atom is -0.862 e. The number of phosphoric acid groups is 1. The predicted molar refractivity (Wildman–Crippen MR) is 129 cm³/mol. The molecule has 1 aromatic heterocycles. The van der Waals surface area contributed by atoms with Gasteiger partial charge in [-0.25, -0.2) is 19.3 Å². The fourth-order valence-corrected chi connectivity index (χ4v) is 5.69. The third-order valence-corrected chi connectivity index (χ3v) is 7.69. The smallest absolute Gasteiger partial charge is 0.862 e. The van der Waals surface area contributed by atoms with Crippen molar-refractivity contribution >= 4 is 21.7 Å². The van der Waals surface area contributed by atoms with Gasteiger partial charge in [0, 0.05) is 6.20 Å². The Balaban J connectivity index is 0.00000484. The fourth-order valence-electron chi connectivity index (χ4n) is 3.85. The molecule has 0 amide bonds. The first-order chi connectivity index (χ1) is 19.4. The Morgan fingerprint density at radius 1 is 1.30 bits per heavy atom. The molecule has 3 rings (SSSR count). The van der Waals surface area contributed by atoms with Gasteiger partial charge < -0.3 is 59.2 Å². The Bertz CT molecular complexity index is 1320. The van der Waals surface area contributed by atoms with Gasteiger partial charge in [0.1, 0.15) is 42.0 Å². The van der Waals surface area contributed by atoms with Gasteiger partial charge in [-0.05, 0) is 25.0 Å². The zero-order valence-corrected chi connectivity index (χ0v) is 29.2. The first-order valence-electron chi connectivity index (χ1n) is 11.8. The van der Waals surface area contributed by atoms with E-state index in [1.54, 1.807) is 0 Å². The van der Waals surface area contributed by atoms with Crippen molar-refractivity contribution in [2.75, 3.05) is 13.2 Å². The van der Waals surface area contributed by atoms with Crippen molar-refractivity contribution in [3.63, 3.8) is 0 Å². The summed E-state index contributed by atoms with van der Waals surface area (Å²) in [5, 5.41) is 80.7. The summed E-state index contributed by atoms with van der Waals surface area (Å²) in [6.45, 7) is -0.960. The van der Waals surface area contributed by atoms with Crippen LogP contribution in [0.5, 0.6) is 6.01 Å². The predicted octanol–water partition coefficient (Wildman–Crippen LogP) is -11.7. The van der Waals surface area contributed by atoms with Crippen LogP contribution in [0.4, 0.5) is 0 Å². The Kier molecular flexibility index (Phi) is 16.0. The van der Waals surface area contributed by atoms with Gasteiger partial charge in [0.2, 0.25) is 5.76 Å². The normalized spacial score (nSPS) is 29.4. The van der Waals surface area contributed by atoms with Crippen molar-refractivity contribution in [3.8, 4) is 6.01 Å². The largest absolute Gasteiger partial charge is 1.00 e. The Hall–Kier alpha value is -0.550. The molecule has 0 bridgehead atoms. The molecule has 9 N–H and O–H groups in total. The van der Waals surface area contributed by atoms with Crippen LogP contribution in [0.2, 0.25) is 0 Å². The molecule has 20 nitrogen and oxygen atoms in total. The van der Waals surface area contributed by atoms with E-state index < -0.39 is 101 Å². The van der Waals surface area contributed by atoms with Gasteiger partial charge in [0.05, 0.1) is 19.2 Å². The van der Waals surface area contributed by atoms with Crippen LogP contribution < -0.4 is 79.7 Å². The average Bonchev–Trinajstić information content (AvgIpc) is 3.18. The number of nitrogens with one attached hydrogen (secondary N) is 1. The topological polar surface area (TPSA) is 339 Å². The van der Waals surface area contributed by atoms with Gasteiger partial charge in [-0.2, -0.15) is 0 Å². The van der Waals surface area contributed by atoms with E-state index in [4.69, 9.17) is 24.5 Å². The van der Waals surface area contributed by atoms with Gasteiger partial charge in [-0.3, -0.25) is 19.8 Å². The third kappa shape index (κ3) is 10.5. The molecule has 1 fully saturated rings. The second kappa shape index (κ2) is 17.0. The molecule has 1 aromatic rings. The number of hydrogen-bond donors (Lipinski definition) is 9. The molecule has 2 aliphatic heterocycles. The maximum absolute atomic E-state index is 12.7. The van der Waals surface area contributed by atoms with E-state index in [1.165, 1.54) is 0 Å². The molecule has 0 spiro atoms. The average molecular weight is 688 g/mol. The van der Waals surface area contributed by atoms with Crippen LogP contribution in [0, 0.1) is 5.41 Å². The molecule has 1 saturated heterocycles. The van der Waals surface area contributed by atoms with E-state index in [2.05, 4.69) is 14.5 Å². The Labute approximate surface area is 293 Å². The Morgan fingerprint density at radius 3 is 2.48 bits per heavy atom. The monoisotopic (exact) mass is 688 g/mol. The van der Waals surface area contributed by atoms with Crippen molar-refractivity contribution in [1.29, 1.82) is 5.41 Å². The summed E-state index contributed by atoms with van der Waals surface area (Å²) >= 11 is 0. The standard InChI is InChI=1S/C20H30N4O16P2.2Na/c1-8(26)22-9-2-3-11(38-17(9)14(28)10(27)6-25)19(41(32,33)34)40-42(35,36)37-7-12-15(29)16(30)18(39-12)24-5-4-13(21)23-20(24)31;;/h2-5,9-10,12,14-18,25,27-30H,6-7H2,1H3,(H,22,26)(H,35,36)(H2,21,23,31)(H2,32,33,34);;/q;2*+1/p-2/b19-11+;;/t9-,10-,12-,14-,15-,16-,17-,18-;;/m1../s1. The number of ether oxygens (including phenoxy) is 2. The van der Waals surface area contributed by atoms with E-state index in [0.29, 0.717) is 0 Å². The molecule has 0 radical (unpaired) electrons. The van der Waals surface area contributed by atoms with Crippen molar-refractivity contribution in [1.82, 2.24) is 9.55 Å². The number of nitrogens with zero attached hydrogens (tertiary/aromatic N) is 3. The van der Waals surface area contributed by atoms with Crippen LogP contribution in [0.1, 0.15) is 13.2 Å². The third-order valence-electron chi connectivity index (χ3n) is 5.81. The quantitative estimate of drug-likeness (QED) is 0.0342. The summed E-state index contributed by atoms with van der Waals surface area (Å²) in [6, 6.07) is -1.24. The van der Waals surface area contributed by atoms with Crippen molar-refractivity contribution < 1.29 is 138 Å². The molecule has 24 heteroatoms. The minimum atomic E-state index is -5.61. The van der Waals surface area contributed by atoms with Crippen LogP contribution >= 0.6 is 15.8 Å². The van der Waals surface area contributed by atoms with Gasteiger partial charge in [0.15, 0.2) is 12.3 Å². The number of allylic oxidation sites excluding steroid dienone is 1. The van der Waals surface area contributed by atoms with Crippen LogP contribution in [-0.2, 0) is 23.1 Å². The molecule has 0 aliphatic carbocycles. The molecule has 44 heavy (non-hydrogen) atoms. The summed E-state index contributed by atoms with van der Waals surface area (Å²) in [7, 11) is -11.1. The molecule has 0 aromatic carbocycles. The number of rotatable bonds is 11. The van der Waals surface area contributed by atoms with E-state index >= 15 is 0 Å². The van der Waals surface area contributed by atoms with Gasteiger partial charge in [-0.1, -0.05) is 6.08 Å². The van der Waals surface area contributed by atoms with E-state index in [1.807, 2.05) is 0 Å². The van der Waals surface area contributed by atoms with Crippen molar-refractivity contribution in [2.24, 2.45) is 4.99 Å². The number of hydrogen-bond acceptors (Lipinski definition) is 18. The van der Waals surface area contributed by atoms with Crippen LogP contribution in [0.15, 0.2) is 40.7 Å². The van der Waals surface area contributed by atoms with Crippen molar-refractivity contribution in [3.05, 3.63) is 41.2 Å². The summed E-state index contributed by atoms with van der Waals surface area (Å²) in [5.41, 5.74) is -1.95. The summed E-state index contributed by atoms with van der Waals surface area (Å²) in [4.78, 5) is 48.9. The first kappa shape index (κ1) is 41.5. The SMILES string of the molecule is CC([O-])=N[C@@H]1C=C/C(=C(/OP(=O)(O)OC[C@H]2O[C@@H](n3ccc(=N)nc3[O-])[C@H](O)[C@@H]2O)[P+]([O-])(O)O)O[C@H]1[C@H](O)[C@H](O)CO.[Na+].[Na+]. The van der Waals surface area contributed by atoms with E-state index in [9.17, 15) is 54.8 Å². The molecule has 9 atom stereocenters. The molecule has 2 aliphatic rings. The van der Waals surface area contributed by atoms with Gasteiger partial charge >= 0.3 is 80.4 Å². The maximum atomic E-state index is 12.7. The number of aliphatic hydroxyl groups excluding tert-OH is 5. The minimum absolute atomic E-state index is 0. The summed E-state index contributed by atoms with van der Waals surface area (Å²) < 4.78 is 33.3. The van der Waals surface area contributed by atoms with Crippen LogP contribution in [0.3, 0.4) is 0 Å².